The quantitative estimate of drug-likeness (QED) is 0.781. The molecule has 2 heterocycles. The fourth-order valence-electron chi connectivity index (χ4n) is 1.87. The van der Waals surface area contributed by atoms with Crippen molar-refractivity contribution in [2.75, 3.05) is 18.4 Å². The van der Waals surface area contributed by atoms with Crippen LogP contribution in [-0.4, -0.2) is 25.3 Å². The second kappa shape index (κ2) is 5.68. The fourth-order valence-corrected chi connectivity index (χ4v) is 3.03. The van der Waals surface area contributed by atoms with E-state index < -0.39 is 18.8 Å². The number of rotatable bonds is 2. The maximum Gasteiger partial charge on any atom is 0.405 e. The van der Waals surface area contributed by atoms with Gasteiger partial charge in [-0.15, -0.1) is 11.3 Å². The number of nitrogens with one attached hydrogen (secondary N) is 3. The summed E-state index contributed by atoms with van der Waals surface area (Å²) in [6.45, 7) is -0.0774. The minimum Gasteiger partial charge on any atom is -0.329 e. The van der Waals surface area contributed by atoms with Gasteiger partial charge < -0.3 is 10.6 Å². The lowest BCUT2D eigenvalue weighted by atomic mass is 10.1. The summed E-state index contributed by atoms with van der Waals surface area (Å²) in [6.07, 6.45) is -3.80. The number of hydrogen-bond acceptors (Lipinski definition) is 4. The van der Waals surface area contributed by atoms with Gasteiger partial charge in [-0.1, -0.05) is 0 Å². The van der Waals surface area contributed by atoms with Gasteiger partial charge in [0, 0.05) is 11.4 Å². The number of halogens is 3. The van der Waals surface area contributed by atoms with Crippen molar-refractivity contribution < 1.29 is 18.0 Å². The molecule has 9 heteroatoms. The Morgan fingerprint density at radius 3 is 2.90 bits per heavy atom. The van der Waals surface area contributed by atoms with Crippen LogP contribution in [0.2, 0.25) is 0 Å². The van der Waals surface area contributed by atoms with Crippen molar-refractivity contribution in [1.29, 1.82) is 5.26 Å². The molecule has 0 atom stereocenters. The number of hydrogen-bond donors (Lipinski definition) is 3. The third-order valence-corrected chi connectivity index (χ3v) is 3.86. The van der Waals surface area contributed by atoms with E-state index >= 15 is 0 Å². The number of carbonyl (C=O) groups excluding carboxylic acids is 1. The summed E-state index contributed by atoms with van der Waals surface area (Å²) in [6, 6.07) is 1.03. The number of urea groups is 1. The van der Waals surface area contributed by atoms with Crippen molar-refractivity contribution in [2.45, 2.75) is 19.1 Å². The van der Waals surface area contributed by atoms with Gasteiger partial charge in [0.05, 0.1) is 5.56 Å². The molecule has 0 unspecified atom stereocenters. The van der Waals surface area contributed by atoms with E-state index in [1.807, 2.05) is 6.07 Å². The Balaban J connectivity index is 2.08. The summed E-state index contributed by atoms with van der Waals surface area (Å²) in [5.41, 5.74) is 1.20. The van der Waals surface area contributed by atoms with Crippen LogP contribution in [0.4, 0.5) is 23.0 Å². The van der Waals surface area contributed by atoms with Gasteiger partial charge in [-0.2, -0.15) is 18.4 Å². The number of thiophene rings is 1. The van der Waals surface area contributed by atoms with E-state index in [1.165, 1.54) is 11.3 Å². The van der Waals surface area contributed by atoms with E-state index in [1.54, 1.807) is 5.32 Å². The Bertz CT molecular complexity index is 561. The molecule has 0 spiro atoms. The van der Waals surface area contributed by atoms with Crippen molar-refractivity contribution in [3.63, 3.8) is 0 Å². The molecule has 2 rings (SSSR count). The highest BCUT2D eigenvalue weighted by molar-refractivity contribution is 7.16. The lowest BCUT2D eigenvalue weighted by Crippen LogP contribution is -2.36. The summed E-state index contributed by atoms with van der Waals surface area (Å²) in [4.78, 5) is 12.3. The van der Waals surface area contributed by atoms with E-state index in [-0.39, 0.29) is 0 Å². The molecule has 0 saturated carbocycles. The number of amides is 2. The second-order valence-electron chi connectivity index (χ2n) is 4.17. The summed E-state index contributed by atoms with van der Waals surface area (Å²) >= 11 is 1.21. The average molecular weight is 304 g/mol. The standard InChI is InChI=1S/C11H11F3N4OS/c12-11(13,14)5-17-10(19)18-9-7(3-15)6-1-2-16-4-8(6)20-9/h16H,1-2,4-5H2,(H2,17,18,19). The highest BCUT2D eigenvalue weighted by Crippen LogP contribution is 2.34. The lowest BCUT2D eigenvalue weighted by Gasteiger charge is -2.11. The zero-order chi connectivity index (χ0) is 14.8. The van der Waals surface area contributed by atoms with Crippen LogP contribution in [0.5, 0.6) is 0 Å². The molecule has 1 aromatic rings. The molecular weight excluding hydrogens is 293 g/mol. The normalized spacial score (nSPS) is 14.3. The number of alkyl halides is 3. The third-order valence-electron chi connectivity index (χ3n) is 2.72. The van der Waals surface area contributed by atoms with Crippen LogP contribution in [0.15, 0.2) is 0 Å². The summed E-state index contributed by atoms with van der Waals surface area (Å²) < 4.78 is 36.0. The van der Waals surface area contributed by atoms with E-state index in [2.05, 4.69) is 10.6 Å². The van der Waals surface area contributed by atoms with Gasteiger partial charge in [-0.05, 0) is 18.5 Å². The van der Waals surface area contributed by atoms with Crippen LogP contribution in [0.1, 0.15) is 16.0 Å². The predicted molar refractivity (Wildman–Crippen MR) is 67.5 cm³/mol. The SMILES string of the molecule is N#Cc1c(NC(=O)NCC(F)(F)F)sc2c1CCNC2. The molecule has 20 heavy (non-hydrogen) atoms. The van der Waals surface area contributed by atoms with E-state index in [0.29, 0.717) is 23.5 Å². The summed E-state index contributed by atoms with van der Waals surface area (Å²) in [5.74, 6) is 0. The van der Waals surface area contributed by atoms with E-state index in [0.717, 1.165) is 17.0 Å². The van der Waals surface area contributed by atoms with Gasteiger partial charge in [-0.25, -0.2) is 4.79 Å². The Hall–Kier alpha value is -1.79. The van der Waals surface area contributed by atoms with Crippen molar-refractivity contribution in [1.82, 2.24) is 10.6 Å². The molecule has 0 aromatic carbocycles. The Morgan fingerprint density at radius 2 is 2.25 bits per heavy atom. The summed E-state index contributed by atoms with van der Waals surface area (Å²) in [7, 11) is 0. The highest BCUT2D eigenvalue weighted by Gasteiger charge is 2.28. The molecule has 0 saturated heterocycles. The molecule has 3 N–H and O–H groups in total. The number of nitrogens with zero attached hydrogens (tertiary/aromatic N) is 1. The molecule has 0 aliphatic carbocycles. The molecule has 1 aliphatic heterocycles. The first-order valence-electron chi connectivity index (χ1n) is 5.77. The first kappa shape index (κ1) is 14.6. The van der Waals surface area contributed by atoms with Gasteiger partial charge in [0.15, 0.2) is 0 Å². The monoisotopic (exact) mass is 304 g/mol. The first-order chi connectivity index (χ1) is 9.40. The molecule has 1 aliphatic rings. The first-order valence-corrected chi connectivity index (χ1v) is 6.59. The maximum atomic E-state index is 12.0. The molecule has 108 valence electrons. The van der Waals surface area contributed by atoms with Gasteiger partial charge in [0.2, 0.25) is 0 Å². The molecule has 0 radical (unpaired) electrons. The minimum atomic E-state index is -4.46. The number of carbonyl (C=O) groups is 1. The van der Waals surface area contributed by atoms with Crippen LogP contribution in [-0.2, 0) is 13.0 Å². The largest absolute Gasteiger partial charge is 0.405 e. The molecule has 0 bridgehead atoms. The van der Waals surface area contributed by atoms with Crippen LogP contribution >= 0.6 is 11.3 Å². The molecule has 2 amide bonds. The fraction of sp³-hybridized carbons (Fsp3) is 0.455. The third kappa shape index (κ3) is 3.40. The van der Waals surface area contributed by atoms with Crippen molar-refractivity contribution >= 4 is 22.4 Å². The minimum absolute atomic E-state index is 0.292. The van der Waals surface area contributed by atoms with Crippen LogP contribution in [0.25, 0.3) is 0 Å². The topological polar surface area (TPSA) is 77.0 Å². The van der Waals surface area contributed by atoms with Crippen LogP contribution < -0.4 is 16.0 Å². The highest BCUT2D eigenvalue weighted by atomic mass is 32.1. The van der Waals surface area contributed by atoms with Crippen LogP contribution in [0, 0.1) is 11.3 Å². The zero-order valence-corrected chi connectivity index (χ0v) is 11.0. The van der Waals surface area contributed by atoms with Gasteiger partial charge >= 0.3 is 12.2 Å². The molecule has 5 nitrogen and oxygen atoms in total. The summed E-state index contributed by atoms with van der Waals surface area (Å²) in [5, 5.41) is 16.6. The Labute approximate surface area is 116 Å². The van der Waals surface area contributed by atoms with Crippen molar-refractivity contribution in [3.05, 3.63) is 16.0 Å². The number of fused-ring (bicyclic) bond motifs is 1. The Morgan fingerprint density at radius 1 is 1.50 bits per heavy atom. The molecule has 0 fully saturated rings. The van der Waals surface area contributed by atoms with Crippen LogP contribution in [0.3, 0.4) is 0 Å². The average Bonchev–Trinajstić information content (AvgIpc) is 2.72. The van der Waals surface area contributed by atoms with Gasteiger partial charge in [-0.3, -0.25) is 5.32 Å². The predicted octanol–water partition coefficient (Wildman–Crippen LogP) is 1.95. The van der Waals surface area contributed by atoms with Gasteiger partial charge in [0.25, 0.3) is 0 Å². The molecule has 1 aromatic heterocycles. The second-order valence-corrected chi connectivity index (χ2v) is 5.27. The molecular formula is C11H11F3N4OS. The number of nitriles is 1. The smallest absolute Gasteiger partial charge is 0.329 e. The lowest BCUT2D eigenvalue weighted by molar-refractivity contribution is -0.122. The number of anilines is 1. The maximum absolute atomic E-state index is 12.0. The zero-order valence-electron chi connectivity index (χ0n) is 10.2. The Kier molecular flexibility index (Phi) is 4.15. The van der Waals surface area contributed by atoms with E-state index in [4.69, 9.17) is 5.26 Å². The van der Waals surface area contributed by atoms with E-state index in [9.17, 15) is 18.0 Å². The van der Waals surface area contributed by atoms with Crippen molar-refractivity contribution in [2.24, 2.45) is 0 Å². The van der Waals surface area contributed by atoms with Gasteiger partial charge in [0.1, 0.15) is 17.6 Å². The van der Waals surface area contributed by atoms with Crippen molar-refractivity contribution in [3.8, 4) is 6.07 Å².